The average molecular weight is 293 g/mol. The Morgan fingerprint density at radius 1 is 1.05 bits per heavy atom. The van der Waals surface area contributed by atoms with Crippen LogP contribution in [0, 0.1) is 6.92 Å². The number of rotatable bonds is 3. The van der Waals surface area contributed by atoms with E-state index in [1.54, 1.807) is 31.5 Å². The third-order valence-corrected chi connectivity index (χ3v) is 3.33. The van der Waals surface area contributed by atoms with Crippen molar-refractivity contribution in [2.45, 2.75) is 6.92 Å². The molecule has 3 aromatic rings. The first-order chi connectivity index (χ1) is 10.7. The van der Waals surface area contributed by atoms with Crippen LogP contribution in [0.5, 0.6) is 11.5 Å². The van der Waals surface area contributed by atoms with Crippen molar-refractivity contribution in [1.82, 2.24) is 4.98 Å². The number of azo groups is 1. The molecule has 1 N–H and O–H groups in total. The summed E-state index contributed by atoms with van der Waals surface area (Å²) < 4.78 is 5.29. The van der Waals surface area contributed by atoms with Crippen molar-refractivity contribution >= 4 is 22.3 Å². The molecule has 2 aromatic carbocycles. The van der Waals surface area contributed by atoms with Crippen molar-refractivity contribution in [2.24, 2.45) is 10.2 Å². The predicted molar refractivity (Wildman–Crippen MR) is 85.3 cm³/mol. The molecular formula is C17H15N3O2. The van der Waals surface area contributed by atoms with Crippen LogP contribution >= 0.6 is 0 Å². The lowest BCUT2D eigenvalue weighted by molar-refractivity contribution is 0.415. The van der Waals surface area contributed by atoms with Crippen molar-refractivity contribution in [2.75, 3.05) is 7.11 Å². The number of methoxy groups -OCH3 is 1. The summed E-state index contributed by atoms with van der Waals surface area (Å²) in [5.74, 6) is 0.790. The Balaban J connectivity index is 2.07. The second-order valence-corrected chi connectivity index (χ2v) is 4.88. The van der Waals surface area contributed by atoms with Gasteiger partial charge in [0.05, 0.1) is 12.8 Å². The predicted octanol–water partition coefficient (Wildman–Crippen LogP) is 4.67. The second kappa shape index (κ2) is 5.81. The molecule has 0 aliphatic rings. The van der Waals surface area contributed by atoms with Gasteiger partial charge >= 0.3 is 0 Å². The minimum absolute atomic E-state index is 0.127. The number of nitrogens with zero attached hydrogens (tertiary/aromatic N) is 3. The van der Waals surface area contributed by atoms with E-state index in [2.05, 4.69) is 15.2 Å². The van der Waals surface area contributed by atoms with Gasteiger partial charge in [-0.1, -0.05) is 6.07 Å². The molecule has 0 fully saturated rings. The summed E-state index contributed by atoms with van der Waals surface area (Å²) in [6.07, 6.45) is 1.63. The molecule has 22 heavy (non-hydrogen) atoms. The zero-order chi connectivity index (χ0) is 15.5. The molecule has 1 heterocycles. The molecule has 0 atom stereocenters. The van der Waals surface area contributed by atoms with E-state index in [1.807, 2.05) is 31.2 Å². The Morgan fingerprint density at radius 2 is 1.86 bits per heavy atom. The Morgan fingerprint density at radius 3 is 2.68 bits per heavy atom. The number of aromatic nitrogens is 1. The van der Waals surface area contributed by atoms with Crippen LogP contribution in [-0.4, -0.2) is 17.2 Å². The first-order valence-corrected chi connectivity index (χ1v) is 6.82. The summed E-state index contributed by atoms with van der Waals surface area (Å²) in [5, 5.41) is 19.2. The maximum atomic E-state index is 9.84. The molecule has 5 heteroatoms. The van der Waals surface area contributed by atoms with Crippen LogP contribution in [0.4, 0.5) is 11.4 Å². The zero-order valence-corrected chi connectivity index (χ0v) is 12.3. The molecule has 0 radical (unpaired) electrons. The van der Waals surface area contributed by atoms with E-state index >= 15 is 0 Å². The van der Waals surface area contributed by atoms with E-state index in [4.69, 9.17) is 4.74 Å². The number of pyridine rings is 1. The van der Waals surface area contributed by atoms with Crippen LogP contribution in [0.15, 0.2) is 58.9 Å². The number of aromatic hydroxyl groups is 1. The summed E-state index contributed by atoms with van der Waals surface area (Å²) >= 11 is 0. The van der Waals surface area contributed by atoms with Crippen LogP contribution in [0.1, 0.15) is 5.56 Å². The van der Waals surface area contributed by atoms with Gasteiger partial charge in [0.15, 0.2) is 0 Å². The molecule has 0 spiro atoms. The van der Waals surface area contributed by atoms with Gasteiger partial charge in [-0.3, -0.25) is 4.98 Å². The highest BCUT2D eigenvalue weighted by Crippen LogP contribution is 2.34. The van der Waals surface area contributed by atoms with Gasteiger partial charge in [-0.2, -0.15) is 0 Å². The fourth-order valence-corrected chi connectivity index (χ4v) is 2.22. The third kappa shape index (κ3) is 2.61. The quantitative estimate of drug-likeness (QED) is 0.713. The number of phenolic OH excluding ortho intramolecular Hbond substituents is 1. The maximum absolute atomic E-state index is 9.84. The van der Waals surface area contributed by atoms with Crippen molar-refractivity contribution in [3.8, 4) is 11.5 Å². The van der Waals surface area contributed by atoms with Crippen molar-refractivity contribution < 1.29 is 9.84 Å². The second-order valence-electron chi connectivity index (χ2n) is 4.88. The Kier molecular flexibility index (Phi) is 3.70. The first kappa shape index (κ1) is 14.0. The van der Waals surface area contributed by atoms with Crippen LogP contribution in [-0.2, 0) is 0 Å². The molecular weight excluding hydrogens is 278 g/mol. The van der Waals surface area contributed by atoms with Gasteiger partial charge in [0.2, 0.25) is 0 Å². The fourth-order valence-electron chi connectivity index (χ4n) is 2.22. The van der Waals surface area contributed by atoms with E-state index in [0.717, 1.165) is 10.9 Å². The van der Waals surface area contributed by atoms with Gasteiger partial charge in [0, 0.05) is 11.6 Å². The minimum atomic E-state index is 0.127. The number of ether oxygens (including phenoxy) is 1. The lowest BCUT2D eigenvalue weighted by Crippen LogP contribution is -1.83. The third-order valence-electron chi connectivity index (χ3n) is 3.33. The van der Waals surface area contributed by atoms with Crippen molar-refractivity contribution in [1.29, 1.82) is 0 Å². The van der Waals surface area contributed by atoms with E-state index in [1.165, 1.54) is 0 Å². The number of benzene rings is 2. The van der Waals surface area contributed by atoms with Gasteiger partial charge in [-0.25, -0.2) is 0 Å². The highest BCUT2D eigenvalue weighted by atomic mass is 16.5. The Labute approximate surface area is 127 Å². The standard InChI is InChI=1S/C17H15N3O2/c1-11-5-8-16(22-2)14(10-11)20-19-13-6-7-15(21)17-12(13)4-3-9-18-17/h3-10,21H,1-2H3. The molecule has 0 saturated carbocycles. The van der Waals surface area contributed by atoms with Crippen molar-refractivity contribution in [3.63, 3.8) is 0 Å². The Bertz CT molecular complexity index is 860. The molecule has 0 aliphatic heterocycles. The lowest BCUT2D eigenvalue weighted by atomic mass is 10.2. The summed E-state index contributed by atoms with van der Waals surface area (Å²) in [6.45, 7) is 1.98. The number of phenols is 1. The number of hydrogen-bond acceptors (Lipinski definition) is 5. The lowest BCUT2D eigenvalue weighted by Gasteiger charge is -2.05. The van der Waals surface area contributed by atoms with Gasteiger partial charge in [0.1, 0.15) is 22.7 Å². The van der Waals surface area contributed by atoms with Crippen molar-refractivity contribution in [3.05, 3.63) is 54.2 Å². The van der Waals surface area contributed by atoms with E-state index < -0.39 is 0 Å². The molecule has 5 nitrogen and oxygen atoms in total. The fraction of sp³-hybridized carbons (Fsp3) is 0.118. The highest BCUT2D eigenvalue weighted by Gasteiger charge is 2.06. The molecule has 0 bridgehead atoms. The van der Waals surface area contributed by atoms with Crippen LogP contribution in [0.2, 0.25) is 0 Å². The van der Waals surface area contributed by atoms with E-state index in [9.17, 15) is 5.11 Å². The number of hydrogen-bond donors (Lipinski definition) is 1. The van der Waals surface area contributed by atoms with Crippen LogP contribution < -0.4 is 4.74 Å². The molecule has 0 aliphatic carbocycles. The first-order valence-electron chi connectivity index (χ1n) is 6.82. The summed E-state index contributed by atoms with van der Waals surface area (Å²) in [4.78, 5) is 4.17. The topological polar surface area (TPSA) is 67.1 Å². The molecule has 0 saturated heterocycles. The smallest absolute Gasteiger partial charge is 0.146 e. The summed E-state index contributed by atoms with van der Waals surface area (Å²) in [5.41, 5.74) is 2.89. The van der Waals surface area contributed by atoms with E-state index in [0.29, 0.717) is 22.6 Å². The molecule has 0 amide bonds. The largest absolute Gasteiger partial charge is 0.506 e. The Hall–Kier alpha value is -2.95. The zero-order valence-electron chi connectivity index (χ0n) is 12.3. The maximum Gasteiger partial charge on any atom is 0.146 e. The molecule has 0 unspecified atom stereocenters. The summed E-state index contributed by atoms with van der Waals surface area (Å²) in [7, 11) is 1.60. The van der Waals surface area contributed by atoms with Crippen LogP contribution in [0.3, 0.4) is 0 Å². The number of fused-ring (bicyclic) bond motifs is 1. The van der Waals surface area contributed by atoms with Gasteiger partial charge in [-0.15, -0.1) is 10.2 Å². The minimum Gasteiger partial charge on any atom is -0.506 e. The molecule has 1 aromatic heterocycles. The summed E-state index contributed by atoms with van der Waals surface area (Å²) in [6, 6.07) is 12.7. The van der Waals surface area contributed by atoms with Gasteiger partial charge in [0.25, 0.3) is 0 Å². The van der Waals surface area contributed by atoms with E-state index in [-0.39, 0.29) is 5.75 Å². The molecule has 110 valence electrons. The normalized spacial score (nSPS) is 11.2. The number of aryl methyl sites for hydroxylation is 1. The highest BCUT2D eigenvalue weighted by molar-refractivity contribution is 5.93. The monoisotopic (exact) mass is 293 g/mol. The molecule has 3 rings (SSSR count). The average Bonchev–Trinajstić information content (AvgIpc) is 2.55. The van der Waals surface area contributed by atoms with Crippen LogP contribution in [0.25, 0.3) is 10.9 Å². The SMILES string of the molecule is COc1ccc(C)cc1N=Nc1ccc(O)c2ncccc12. The van der Waals surface area contributed by atoms with Gasteiger partial charge in [-0.05, 0) is 48.9 Å². The van der Waals surface area contributed by atoms with Gasteiger partial charge < -0.3 is 9.84 Å².